The van der Waals surface area contributed by atoms with Crippen molar-refractivity contribution in [3.8, 4) is 0 Å². The Morgan fingerprint density at radius 2 is 1.94 bits per heavy atom. The molecule has 1 rings (SSSR count). The van der Waals surface area contributed by atoms with Crippen molar-refractivity contribution in [1.82, 2.24) is 10.2 Å². The van der Waals surface area contributed by atoms with Gasteiger partial charge in [-0.25, -0.2) is 0 Å². The summed E-state index contributed by atoms with van der Waals surface area (Å²) in [7, 11) is 0. The molecule has 1 heterocycles. The number of hydrogen-bond acceptors (Lipinski definition) is 2. The lowest BCUT2D eigenvalue weighted by atomic mass is 9.86. The van der Waals surface area contributed by atoms with Crippen LogP contribution in [0.4, 0.5) is 0 Å². The van der Waals surface area contributed by atoms with E-state index in [1.165, 1.54) is 0 Å². The van der Waals surface area contributed by atoms with E-state index < -0.39 is 11.1 Å². The summed E-state index contributed by atoms with van der Waals surface area (Å²) >= 11 is 0. The summed E-state index contributed by atoms with van der Waals surface area (Å²) in [5.41, 5.74) is -1.59. The average molecular weight is 224 g/mol. The molecule has 0 spiro atoms. The normalized spacial score (nSPS) is 28.9. The van der Waals surface area contributed by atoms with E-state index in [2.05, 4.69) is 11.9 Å². The quantitative estimate of drug-likeness (QED) is 0.729. The number of carbonyl (C=O) groups excluding carboxylic acids is 2. The highest BCUT2D eigenvalue weighted by atomic mass is 16.2. The van der Waals surface area contributed by atoms with Gasteiger partial charge in [-0.3, -0.25) is 9.59 Å². The Labute approximate surface area is 96.7 Å². The molecule has 4 nitrogen and oxygen atoms in total. The molecule has 1 fully saturated rings. The summed E-state index contributed by atoms with van der Waals surface area (Å²) in [4.78, 5) is 25.9. The molecule has 2 amide bonds. The molecule has 0 aromatic rings. The lowest BCUT2D eigenvalue weighted by Crippen LogP contribution is -2.73. The highest BCUT2D eigenvalue weighted by molar-refractivity contribution is 6.01. The van der Waals surface area contributed by atoms with Crippen molar-refractivity contribution in [2.24, 2.45) is 0 Å². The van der Waals surface area contributed by atoms with E-state index in [0.717, 1.165) is 0 Å². The number of piperazine rings is 1. The number of hydrogen-bond donors (Lipinski definition) is 1. The predicted octanol–water partition coefficient (Wildman–Crippen LogP) is 1.08. The van der Waals surface area contributed by atoms with E-state index in [-0.39, 0.29) is 11.8 Å². The zero-order valence-corrected chi connectivity index (χ0v) is 10.5. The van der Waals surface area contributed by atoms with Crippen LogP contribution in [-0.2, 0) is 9.59 Å². The van der Waals surface area contributed by atoms with Crippen LogP contribution in [0.25, 0.3) is 0 Å². The van der Waals surface area contributed by atoms with Gasteiger partial charge < -0.3 is 10.2 Å². The lowest BCUT2D eigenvalue weighted by Gasteiger charge is -2.48. The van der Waals surface area contributed by atoms with Crippen LogP contribution in [0.3, 0.4) is 0 Å². The minimum absolute atomic E-state index is 0.0589. The van der Waals surface area contributed by atoms with Crippen LogP contribution in [0.1, 0.15) is 34.1 Å². The summed E-state index contributed by atoms with van der Waals surface area (Å²) in [5, 5.41) is 2.77. The first kappa shape index (κ1) is 12.7. The van der Waals surface area contributed by atoms with Crippen LogP contribution in [-0.4, -0.2) is 34.3 Å². The highest BCUT2D eigenvalue weighted by Crippen LogP contribution is 2.28. The first-order valence-electron chi connectivity index (χ1n) is 5.55. The van der Waals surface area contributed by atoms with Gasteiger partial charge in [0.15, 0.2) is 0 Å². The number of nitrogens with zero attached hydrogens (tertiary/aromatic N) is 1. The third-order valence-corrected chi connectivity index (χ3v) is 3.29. The summed E-state index contributed by atoms with van der Waals surface area (Å²) in [6, 6.07) is 0. The molecule has 1 saturated heterocycles. The fraction of sp³-hybridized carbons (Fsp3) is 0.667. The van der Waals surface area contributed by atoms with Crippen molar-refractivity contribution >= 4 is 11.8 Å². The van der Waals surface area contributed by atoms with Gasteiger partial charge in [-0.15, -0.1) is 6.58 Å². The van der Waals surface area contributed by atoms with Gasteiger partial charge in [0.1, 0.15) is 11.1 Å². The molecular weight excluding hydrogens is 204 g/mol. The van der Waals surface area contributed by atoms with E-state index in [9.17, 15) is 9.59 Å². The second kappa shape index (κ2) is 3.92. The molecule has 0 aromatic carbocycles. The predicted molar refractivity (Wildman–Crippen MR) is 62.8 cm³/mol. The SMILES string of the molecule is C=CCN1C(=O)C(C)(C)NC(=O)C1(C)CC. The van der Waals surface area contributed by atoms with Gasteiger partial charge >= 0.3 is 0 Å². The maximum absolute atomic E-state index is 12.2. The second-order valence-corrected chi connectivity index (χ2v) is 4.91. The molecule has 0 bridgehead atoms. The van der Waals surface area contributed by atoms with Crippen LogP contribution in [0, 0.1) is 0 Å². The standard InChI is InChI=1S/C12H20N2O2/c1-6-8-14-10(16)11(3,4)13-9(15)12(14,5)7-2/h6H,1,7-8H2,2-5H3,(H,13,15). The van der Waals surface area contributed by atoms with Crippen molar-refractivity contribution in [1.29, 1.82) is 0 Å². The molecule has 4 heteroatoms. The topological polar surface area (TPSA) is 49.4 Å². The zero-order valence-electron chi connectivity index (χ0n) is 10.5. The van der Waals surface area contributed by atoms with E-state index >= 15 is 0 Å². The fourth-order valence-corrected chi connectivity index (χ4v) is 1.92. The van der Waals surface area contributed by atoms with E-state index in [0.29, 0.717) is 13.0 Å². The zero-order chi connectivity index (χ0) is 12.6. The summed E-state index contributed by atoms with van der Waals surface area (Å²) in [6.45, 7) is 11.2. The average Bonchev–Trinajstić information content (AvgIpc) is 2.21. The monoisotopic (exact) mass is 224 g/mol. The van der Waals surface area contributed by atoms with Gasteiger partial charge in [0.05, 0.1) is 0 Å². The number of amides is 2. The van der Waals surface area contributed by atoms with Gasteiger partial charge in [0.25, 0.3) is 0 Å². The van der Waals surface area contributed by atoms with Gasteiger partial charge in [-0.05, 0) is 27.2 Å². The van der Waals surface area contributed by atoms with E-state index in [1.54, 1.807) is 31.7 Å². The van der Waals surface area contributed by atoms with Crippen molar-refractivity contribution in [2.45, 2.75) is 45.2 Å². The maximum Gasteiger partial charge on any atom is 0.248 e. The molecular formula is C12H20N2O2. The molecule has 1 aliphatic heterocycles. The Hall–Kier alpha value is -1.32. The Kier molecular flexibility index (Phi) is 3.13. The van der Waals surface area contributed by atoms with Gasteiger partial charge in [-0.2, -0.15) is 0 Å². The molecule has 1 unspecified atom stereocenters. The molecule has 0 aliphatic carbocycles. The minimum Gasteiger partial charge on any atom is -0.340 e. The molecule has 1 N–H and O–H groups in total. The van der Waals surface area contributed by atoms with Crippen LogP contribution in [0.2, 0.25) is 0 Å². The first-order chi connectivity index (χ1) is 7.29. The Bertz CT molecular complexity index is 336. The lowest BCUT2D eigenvalue weighted by molar-refractivity contribution is -0.160. The maximum atomic E-state index is 12.2. The van der Waals surface area contributed by atoms with Gasteiger partial charge in [-0.1, -0.05) is 13.0 Å². The van der Waals surface area contributed by atoms with Crippen molar-refractivity contribution in [3.63, 3.8) is 0 Å². The molecule has 90 valence electrons. The number of rotatable bonds is 3. The fourth-order valence-electron chi connectivity index (χ4n) is 1.92. The molecule has 1 atom stereocenters. The van der Waals surface area contributed by atoms with E-state index in [1.807, 2.05) is 6.92 Å². The van der Waals surface area contributed by atoms with Gasteiger partial charge in [0, 0.05) is 6.54 Å². The summed E-state index contributed by atoms with van der Waals surface area (Å²) in [5.74, 6) is -0.155. The van der Waals surface area contributed by atoms with Crippen molar-refractivity contribution < 1.29 is 9.59 Å². The van der Waals surface area contributed by atoms with Crippen LogP contribution in [0.5, 0.6) is 0 Å². The van der Waals surface area contributed by atoms with E-state index in [4.69, 9.17) is 0 Å². The minimum atomic E-state index is -0.825. The molecule has 16 heavy (non-hydrogen) atoms. The largest absolute Gasteiger partial charge is 0.340 e. The van der Waals surface area contributed by atoms with Crippen LogP contribution < -0.4 is 5.32 Å². The first-order valence-corrected chi connectivity index (χ1v) is 5.55. The second-order valence-electron chi connectivity index (χ2n) is 4.91. The Morgan fingerprint density at radius 1 is 1.38 bits per heavy atom. The molecule has 0 saturated carbocycles. The van der Waals surface area contributed by atoms with Crippen molar-refractivity contribution in [3.05, 3.63) is 12.7 Å². The molecule has 1 aliphatic rings. The third kappa shape index (κ3) is 1.72. The summed E-state index contributed by atoms with van der Waals surface area (Å²) in [6.07, 6.45) is 2.25. The molecule has 0 radical (unpaired) electrons. The molecule has 0 aromatic heterocycles. The smallest absolute Gasteiger partial charge is 0.248 e. The van der Waals surface area contributed by atoms with Gasteiger partial charge in [0.2, 0.25) is 11.8 Å². The Balaban J connectivity index is 3.17. The van der Waals surface area contributed by atoms with Crippen LogP contribution >= 0.6 is 0 Å². The Morgan fingerprint density at radius 3 is 2.38 bits per heavy atom. The van der Waals surface area contributed by atoms with Crippen molar-refractivity contribution in [2.75, 3.05) is 6.54 Å². The third-order valence-electron chi connectivity index (χ3n) is 3.29. The number of carbonyl (C=O) groups is 2. The van der Waals surface area contributed by atoms with Crippen LogP contribution in [0.15, 0.2) is 12.7 Å². The highest BCUT2D eigenvalue weighted by Gasteiger charge is 2.51. The summed E-state index contributed by atoms with van der Waals surface area (Å²) < 4.78 is 0. The number of nitrogens with one attached hydrogen (secondary N) is 1.